The van der Waals surface area contributed by atoms with Crippen molar-refractivity contribution in [1.82, 2.24) is 0 Å². The molecule has 1 atom stereocenters. The second-order valence-corrected chi connectivity index (χ2v) is 3.28. The van der Waals surface area contributed by atoms with Crippen molar-refractivity contribution in [1.29, 1.82) is 0 Å². The molecular weight excluding hydrogens is 180 g/mol. The van der Waals surface area contributed by atoms with Gasteiger partial charge in [-0.1, -0.05) is 6.07 Å². The van der Waals surface area contributed by atoms with Gasteiger partial charge in [-0.2, -0.15) is 0 Å². The number of aliphatic carboxylic acids is 1. The Hall–Kier alpha value is -1.51. The third-order valence-electron chi connectivity index (χ3n) is 2.31. The minimum absolute atomic E-state index is 0.471. The Kier molecular flexibility index (Phi) is 3.12. The monoisotopic (exact) mass is 194 g/mol. The lowest BCUT2D eigenvalue weighted by Gasteiger charge is -2.11. The molecule has 76 valence electrons. The fraction of sp³-hybridized carbons (Fsp3) is 0.364. The summed E-state index contributed by atoms with van der Waals surface area (Å²) in [7, 11) is 1.59. The van der Waals surface area contributed by atoms with Crippen molar-refractivity contribution in [2.75, 3.05) is 7.11 Å². The van der Waals surface area contributed by atoms with Crippen molar-refractivity contribution in [2.45, 2.75) is 19.8 Å². The summed E-state index contributed by atoms with van der Waals surface area (Å²) in [5, 5.41) is 8.86. The van der Waals surface area contributed by atoms with Crippen molar-refractivity contribution in [3.05, 3.63) is 29.3 Å². The zero-order valence-electron chi connectivity index (χ0n) is 8.57. The molecule has 0 fully saturated rings. The van der Waals surface area contributed by atoms with Crippen LogP contribution in [0.5, 0.6) is 5.75 Å². The Morgan fingerprint density at radius 2 is 2.14 bits per heavy atom. The highest BCUT2D eigenvalue weighted by Crippen LogP contribution is 2.23. The molecule has 0 amide bonds. The molecule has 0 saturated heterocycles. The highest BCUT2D eigenvalue weighted by molar-refractivity contribution is 5.76. The number of carbonyl (C=O) groups is 1. The molecule has 0 aliphatic rings. The summed E-state index contributed by atoms with van der Waals surface area (Å²) in [6, 6.07) is 5.42. The third-order valence-corrected chi connectivity index (χ3v) is 2.31. The molecule has 0 aliphatic carbocycles. The van der Waals surface area contributed by atoms with Gasteiger partial charge in [-0.3, -0.25) is 4.79 Å². The molecule has 1 unspecified atom stereocenters. The van der Waals surface area contributed by atoms with Crippen LogP contribution in [0.1, 0.15) is 24.0 Å². The smallest absolute Gasteiger partial charge is 0.310 e. The number of aryl methyl sites for hydroxylation is 1. The first-order valence-electron chi connectivity index (χ1n) is 4.43. The van der Waals surface area contributed by atoms with E-state index < -0.39 is 11.9 Å². The van der Waals surface area contributed by atoms with Crippen LogP contribution < -0.4 is 4.74 Å². The normalized spacial score (nSPS) is 12.2. The fourth-order valence-electron chi connectivity index (χ4n) is 1.39. The maximum absolute atomic E-state index is 10.8. The van der Waals surface area contributed by atoms with E-state index in [0.717, 1.165) is 16.9 Å². The standard InChI is InChI=1S/C11H14O3/c1-7-6-9(14-3)4-5-10(7)8(2)11(12)13/h4-6,8H,1-3H3,(H,12,13). The Morgan fingerprint density at radius 1 is 1.50 bits per heavy atom. The van der Waals surface area contributed by atoms with Crippen molar-refractivity contribution in [3.63, 3.8) is 0 Å². The molecule has 0 heterocycles. The Bertz CT molecular complexity index is 344. The molecule has 0 bridgehead atoms. The van der Waals surface area contributed by atoms with Gasteiger partial charge in [0.15, 0.2) is 0 Å². The van der Waals surface area contributed by atoms with Crippen LogP contribution in [0.15, 0.2) is 18.2 Å². The number of carboxylic acids is 1. The van der Waals surface area contributed by atoms with E-state index in [-0.39, 0.29) is 0 Å². The lowest BCUT2D eigenvalue weighted by molar-refractivity contribution is -0.138. The van der Waals surface area contributed by atoms with Crippen molar-refractivity contribution >= 4 is 5.97 Å². The molecule has 1 N–H and O–H groups in total. The molecule has 0 aliphatic heterocycles. The summed E-state index contributed by atoms with van der Waals surface area (Å²) in [4.78, 5) is 10.8. The number of hydrogen-bond acceptors (Lipinski definition) is 2. The number of ether oxygens (including phenoxy) is 1. The van der Waals surface area contributed by atoms with Crippen molar-refractivity contribution in [2.24, 2.45) is 0 Å². The number of methoxy groups -OCH3 is 1. The van der Waals surface area contributed by atoms with E-state index in [1.165, 1.54) is 0 Å². The second kappa shape index (κ2) is 4.13. The van der Waals surface area contributed by atoms with Crippen LogP contribution in [0, 0.1) is 6.92 Å². The minimum Gasteiger partial charge on any atom is -0.497 e. The van der Waals surface area contributed by atoms with Gasteiger partial charge in [-0.25, -0.2) is 0 Å². The summed E-state index contributed by atoms with van der Waals surface area (Å²) in [5.41, 5.74) is 1.78. The first-order valence-corrected chi connectivity index (χ1v) is 4.43. The van der Waals surface area contributed by atoms with Crippen LogP contribution in [0.4, 0.5) is 0 Å². The van der Waals surface area contributed by atoms with Gasteiger partial charge in [0.2, 0.25) is 0 Å². The molecule has 3 heteroatoms. The van der Waals surface area contributed by atoms with Crippen LogP contribution >= 0.6 is 0 Å². The summed E-state index contributed by atoms with van der Waals surface area (Å²) in [5.74, 6) is -0.525. The predicted molar refractivity (Wildman–Crippen MR) is 53.8 cm³/mol. The van der Waals surface area contributed by atoms with Gasteiger partial charge < -0.3 is 9.84 Å². The van der Waals surface area contributed by atoms with Crippen molar-refractivity contribution in [3.8, 4) is 5.75 Å². The molecule has 0 aromatic heterocycles. The topological polar surface area (TPSA) is 46.5 Å². The van der Waals surface area contributed by atoms with E-state index >= 15 is 0 Å². The maximum atomic E-state index is 10.8. The van der Waals surface area contributed by atoms with Gasteiger partial charge in [0.05, 0.1) is 13.0 Å². The third kappa shape index (κ3) is 2.05. The van der Waals surface area contributed by atoms with Gasteiger partial charge in [0, 0.05) is 0 Å². The molecule has 0 saturated carbocycles. The number of benzene rings is 1. The fourth-order valence-corrected chi connectivity index (χ4v) is 1.39. The van der Waals surface area contributed by atoms with Crippen LogP contribution in [0.3, 0.4) is 0 Å². The first-order chi connectivity index (χ1) is 6.56. The molecular formula is C11H14O3. The minimum atomic E-state index is -0.807. The van der Waals surface area contributed by atoms with Gasteiger partial charge in [-0.15, -0.1) is 0 Å². The van der Waals surface area contributed by atoms with Gasteiger partial charge in [0.25, 0.3) is 0 Å². The number of rotatable bonds is 3. The summed E-state index contributed by atoms with van der Waals surface area (Å²) in [6.45, 7) is 3.56. The highest BCUT2D eigenvalue weighted by Gasteiger charge is 2.15. The highest BCUT2D eigenvalue weighted by atomic mass is 16.5. The van der Waals surface area contributed by atoms with Crippen LogP contribution in [0.2, 0.25) is 0 Å². The van der Waals surface area contributed by atoms with Gasteiger partial charge in [0.1, 0.15) is 5.75 Å². The van der Waals surface area contributed by atoms with E-state index in [0.29, 0.717) is 0 Å². The summed E-state index contributed by atoms with van der Waals surface area (Å²) >= 11 is 0. The van der Waals surface area contributed by atoms with Crippen LogP contribution in [-0.4, -0.2) is 18.2 Å². The van der Waals surface area contributed by atoms with Gasteiger partial charge >= 0.3 is 5.97 Å². The Balaban J connectivity index is 3.05. The molecule has 3 nitrogen and oxygen atoms in total. The summed E-state index contributed by atoms with van der Waals surface area (Å²) < 4.78 is 5.04. The molecule has 0 radical (unpaired) electrons. The zero-order valence-corrected chi connectivity index (χ0v) is 8.57. The van der Waals surface area contributed by atoms with E-state index in [1.54, 1.807) is 26.2 Å². The van der Waals surface area contributed by atoms with Gasteiger partial charge in [-0.05, 0) is 37.1 Å². The molecule has 14 heavy (non-hydrogen) atoms. The Labute approximate surface area is 83.3 Å². The quantitative estimate of drug-likeness (QED) is 0.802. The lowest BCUT2D eigenvalue weighted by atomic mass is 9.96. The second-order valence-electron chi connectivity index (χ2n) is 3.28. The average molecular weight is 194 g/mol. The van der Waals surface area contributed by atoms with E-state index in [1.807, 2.05) is 13.0 Å². The molecule has 1 aromatic rings. The van der Waals surface area contributed by atoms with E-state index in [4.69, 9.17) is 9.84 Å². The van der Waals surface area contributed by atoms with Crippen LogP contribution in [-0.2, 0) is 4.79 Å². The molecule has 0 spiro atoms. The lowest BCUT2D eigenvalue weighted by Crippen LogP contribution is -2.08. The molecule has 1 aromatic carbocycles. The number of hydrogen-bond donors (Lipinski definition) is 1. The Morgan fingerprint density at radius 3 is 2.57 bits per heavy atom. The predicted octanol–water partition coefficient (Wildman–Crippen LogP) is 2.19. The zero-order chi connectivity index (χ0) is 10.7. The average Bonchev–Trinajstić information content (AvgIpc) is 2.16. The molecule has 1 rings (SSSR count). The SMILES string of the molecule is COc1ccc(C(C)C(=O)O)c(C)c1. The van der Waals surface area contributed by atoms with Crippen molar-refractivity contribution < 1.29 is 14.6 Å². The first kappa shape index (κ1) is 10.6. The van der Waals surface area contributed by atoms with E-state index in [2.05, 4.69) is 0 Å². The number of carboxylic acid groups (broad SMARTS) is 1. The summed E-state index contributed by atoms with van der Waals surface area (Å²) in [6.07, 6.45) is 0. The van der Waals surface area contributed by atoms with E-state index in [9.17, 15) is 4.79 Å². The van der Waals surface area contributed by atoms with Crippen LogP contribution in [0.25, 0.3) is 0 Å². The largest absolute Gasteiger partial charge is 0.497 e. The maximum Gasteiger partial charge on any atom is 0.310 e.